The zero-order valence-electron chi connectivity index (χ0n) is 19.3. The monoisotopic (exact) mass is 483 g/mol. The second kappa shape index (κ2) is 7.87. The molecule has 2 aromatic heterocycles. The van der Waals surface area contributed by atoms with E-state index in [2.05, 4.69) is 15.4 Å². The standard InChI is InChI=1S/C24H27ClFN7O/c1-12-9-31-33(21(12)28)13-6-7-24(8-13)11-30-22-18(24)19(25)15(10-29-22)14-4-5-16(27)17(20(14)26)23(34)32(2)3/h4-5,9-10,13H,6-8,11,27-28H2,1-3H3,(H,29,30)/t13-,24-/m1/s1. The highest BCUT2D eigenvalue weighted by atomic mass is 35.5. The second-order valence-electron chi connectivity index (χ2n) is 9.49. The van der Waals surface area contributed by atoms with Crippen molar-refractivity contribution in [3.63, 3.8) is 0 Å². The molecular weight excluding hydrogens is 457 g/mol. The molecule has 1 aliphatic heterocycles. The Morgan fingerprint density at radius 3 is 2.74 bits per heavy atom. The normalized spacial score (nSPS) is 21.0. The molecule has 1 aromatic carbocycles. The van der Waals surface area contributed by atoms with Crippen LogP contribution in [-0.4, -0.2) is 46.2 Å². The smallest absolute Gasteiger partial charge is 0.258 e. The summed E-state index contributed by atoms with van der Waals surface area (Å²) >= 11 is 6.97. The Morgan fingerprint density at radius 1 is 1.29 bits per heavy atom. The number of amides is 1. The maximum Gasteiger partial charge on any atom is 0.258 e. The Kier molecular flexibility index (Phi) is 5.20. The van der Waals surface area contributed by atoms with Crippen molar-refractivity contribution in [3.05, 3.63) is 52.1 Å². The Labute approximate surface area is 202 Å². The highest BCUT2D eigenvalue weighted by molar-refractivity contribution is 6.34. The van der Waals surface area contributed by atoms with Crippen molar-refractivity contribution in [3.8, 4) is 11.1 Å². The van der Waals surface area contributed by atoms with E-state index in [4.69, 9.17) is 23.1 Å². The van der Waals surface area contributed by atoms with Gasteiger partial charge in [-0.1, -0.05) is 11.6 Å². The number of nitrogens with one attached hydrogen (secondary N) is 1. The molecule has 5 rings (SSSR count). The number of carbonyl (C=O) groups excluding carboxylic acids is 1. The molecule has 2 atom stereocenters. The summed E-state index contributed by atoms with van der Waals surface area (Å²) in [6.07, 6.45) is 5.88. The van der Waals surface area contributed by atoms with E-state index in [0.29, 0.717) is 28.8 Å². The first-order valence-corrected chi connectivity index (χ1v) is 11.5. The molecule has 5 N–H and O–H groups in total. The van der Waals surface area contributed by atoms with Crippen LogP contribution in [0.4, 0.5) is 21.7 Å². The average Bonchev–Trinajstić information content (AvgIpc) is 3.48. The van der Waals surface area contributed by atoms with E-state index in [1.165, 1.54) is 11.0 Å². The number of fused-ring (bicyclic) bond motifs is 2. The number of hydrogen-bond donors (Lipinski definition) is 3. The van der Waals surface area contributed by atoms with Crippen molar-refractivity contribution in [2.24, 2.45) is 0 Å². The van der Waals surface area contributed by atoms with E-state index in [0.717, 1.165) is 30.4 Å². The molecule has 3 aromatic rings. The van der Waals surface area contributed by atoms with Crippen molar-refractivity contribution in [2.45, 2.75) is 37.6 Å². The van der Waals surface area contributed by atoms with Crippen molar-refractivity contribution >= 4 is 34.8 Å². The number of benzene rings is 1. The molecule has 1 spiro atoms. The minimum Gasteiger partial charge on any atom is -0.398 e. The fourth-order valence-electron chi connectivity index (χ4n) is 5.32. The van der Waals surface area contributed by atoms with Crippen LogP contribution in [0.3, 0.4) is 0 Å². The number of nitrogens with zero attached hydrogens (tertiary/aromatic N) is 4. The third kappa shape index (κ3) is 3.21. The lowest BCUT2D eigenvalue weighted by molar-refractivity contribution is 0.0824. The summed E-state index contributed by atoms with van der Waals surface area (Å²) in [5.74, 6) is 0.171. The topological polar surface area (TPSA) is 115 Å². The lowest BCUT2D eigenvalue weighted by atomic mass is 9.80. The van der Waals surface area contributed by atoms with Crippen LogP contribution < -0.4 is 16.8 Å². The van der Waals surface area contributed by atoms with Crippen molar-refractivity contribution in [2.75, 3.05) is 37.4 Å². The van der Waals surface area contributed by atoms with Gasteiger partial charge in [-0.25, -0.2) is 14.1 Å². The highest BCUT2D eigenvalue weighted by Gasteiger charge is 2.48. The number of rotatable bonds is 3. The number of anilines is 3. The van der Waals surface area contributed by atoms with E-state index in [-0.39, 0.29) is 28.3 Å². The van der Waals surface area contributed by atoms with Gasteiger partial charge in [-0.2, -0.15) is 5.10 Å². The number of halogens is 2. The third-order valence-electron chi connectivity index (χ3n) is 7.18. The highest BCUT2D eigenvalue weighted by Crippen LogP contribution is 2.55. The fraction of sp³-hybridized carbons (Fsp3) is 0.375. The molecule has 0 bridgehead atoms. The maximum atomic E-state index is 15.6. The zero-order valence-corrected chi connectivity index (χ0v) is 20.1. The summed E-state index contributed by atoms with van der Waals surface area (Å²) in [5.41, 5.74) is 14.3. The molecule has 10 heteroatoms. The summed E-state index contributed by atoms with van der Waals surface area (Å²) in [6, 6.07) is 3.21. The summed E-state index contributed by atoms with van der Waals surface area (Å²) < 4.78 is 17.5. The molecule has 2 aliphatic rings. The molecule has 1 fully saturated rings. The van der Waals surface area contributed by atoms with Crippen LogP contribution in [0.2, 0.25) is 5.02 Å². The molecule has 0 unspecified atom stereocenters. The summed E-state index contributed by atoms with van der Waals surface area (Å²) in [4.78, 5) is 18.4. The van der Waals surface area contributed by atoms with Crippen LogP contribution in [0, 0.1) is 12.7 Å². The van der Waals surface area contributed by atoms with Crippen molar-refractivity contribution in [1.29, 1.82) is 0 Å². The summed E-state index contributed by atoms with van der Waals surface area (Å²) in [7, 11) is 3.11. The number of aromatic nitrogens is 3. The number of pyridine rings is 1. The number of nitrogen functional groups attached to an aromatic ring is 2. The predicted octanol–water partition coefficient (Wildman–Crippen LogP) is 4.00. The first-order chi connectivity index (χ1) is 16.1. The van der Waals surface area contributed by atoms with Gasteiger partial charge in [0.05, 0.1) is 22.8 Å². The van der Waals surface area contributed by atoms with Crippen LogP contribution in [-0.2, 0) is 5.41 Å². The van der Waals surface area contributed by atoms with Gasteiger partial charge in [-0.15, -0.1) is 0 Å². The Balaban J connectivity index is 1.58. The Morgan fingerprint density at radius 2 is 2.06 bits per heavy atom. The van der Waals surface area contributed by atoms with E-state index in [9.17, 15) is 4.79 Å². The van der Waals surface area contributed by atoms with Gasteiger partial charge in [-0.3, -0.25) is 4.79 Å². The zero-order chi connectivity index (χ0) is 24.4. The van der Waals surface area contributed by atoms with Gasteiger partial charge in [-0.05, 0) is 38.3 Å². The number of carbonyl (C=O) groups is 1. The minimum absolute atomic E-state index is 0.0778. The van der Waals surface area contributed by atoms with Crippen molar-refractivity contribution in [1.82, 2.24) is 19.7 Å². The molecule has 34 heavy (non-hydrogen) atoms. The van der Waals surface area contributed by atoms with Crippen LogP contribution in [0.5, 0.6) is 0 Å². The van der Waals surface area contributed by atoms with E-state index >= 15 is 4.39 Å². The van der Waals surface area contributed by atoms with E-state index < -0.39 is 11.7 Å². The lowest BCUT2D eigenvalue weighted by Crippen LogP contribution is -2.26. The number of aryl methyl sites for hydroxylation is 1. The molecular formula is C24H27ClFN7O. The largest absolute Gasteiger partial charge is 0.398 e. The first kappa shape index (κ1) is 22.5. The van der Waals surface area contributed by atoms with Crippen LogP contribution in [0.15, 0.2) is 24.5 Å². The van der Waals surface area contributed by atoms with Gasteiger partial charge in [0, 0.05) is 60.2 Å². The molecule has 1 saturated carbocycles. The van der Waals surface area contributed by atoms with Crippen LogP contribution in [0.1, 0.15) is 46.8 Å². The number of nitrogens with two attached hydrogens (primary N) is 2. The van der Waals surface area contributed by atoms with Gasteiger partial charge in [0.2, 0.25) is 0 Å². The van der Waals surface area contributed by atoms with Gasteiger partial charge in [0.15, 0.2) is 0 Å². The second-order valence-corrected chi connectivity index (χ2v) is 9.87. The molecule has 8 nitrogen and oxygen atoms in total. The Bertz CT molecular complexity index is 1320. The van der Waals surface area contributed by atoms with Gasteiger partial charge < -0.3 is 21.7 Å². The van der Waals surface area contributed by atoms with E-state index in [1.807, 2.05) is 11.6 Å². The SMILES string of the molecule is Cc1cnn([C@@H]2CC[C@]3(CNc4ncc(-c5ccc(N)c(C(=O)N(C)C)c5F)c(Cl)c43)C2)c1N. The number of hydrogen-bond acceptors (Lipinski definition) is 6. The van der Waals surface area contributed by atoms with Crippen LogP contribution >= 0.6 is 11.6 Å². The predicted molar refractivity (Wildman–Crippen MR) is 132 cm³/mol. The third-order valence-corrected chi connectivity index (χ3v) is 7.57. The summed E-state index contributed by atoms with van der Waals surface area (Å²) in [5, 5.41) is 8.30. The molecule has 0 radical (unpaired) electrons. The fourth-order valence-corrected chi connectivity index (χ4v) is 5.76. The maximum absolute atomic E-state index is 15.6. The van der Waals surface area contributed by atoms with Gasteiger partial charge in [0.1, 0.15) is 17.5 Å². The molecule has 3 heterocycles. The van der Waals surface area contributed by atoms with Crippen molar-refractivity contribution < 1.29 is 9.18 Å². The molecule has 1 aliphatic carbocycles. The summed E-state index contributed by atoms with van der Waals surface area (Å²) in [6.45, 7) is 2.63. The molecule has 1 amide bonds. The van der Waals surface area contributed by atoms with E-state index in [1.54, 1.807) is 32.6 Å². The molecule has 0 saturated heterocycles. The lowest BCUT2D eigenvalue weighted by Gasteiger charge is -2.25. The quantitative estimate of drug-likeness (QED) is 0.485. The molecule has 178 valence electrons. The average molecular weight is 484 g/mol. The minimum atomic E-state index is -0.702. The first-order valence-electron chi connectivity index (χ1n) is 11.2. The van der Waals surface area contributed by atoms with Gasteiger partial charge in [0.25, 0.3) is 5.91 Å². The van der Waals surface area contributed by atoms with Crippen LogP contribution in [0.25, 0.3) is 11.1 Å². The van der Waals surface area contributed by atoms with Gasteiger partial charge >= 0.3 is 0 Å². The Hall–Kier alpha value is -3.33.